The Bertz CT molecular complexity index is 1060. The first-order valence-corrected chi connectivity index (χ1v) is 13.3. The summed E-state index contributed by atoms with van der Waals surface area (Å²) in [6.07, 6.45) is 3.81. The molecule has 9 heteroatoms. The smallest absolute Gasteiger partial charge is 0.244 e. The highest BCUT2D eigenvalue weighted by molar-refractivity contribution is 7.92. The molecule has 1 N–H and O–H groups in total. The van der Waals surface area contributed by atoms with Crippen LogP contribution in [0.4, 0.5) is 5.69 Å². The summed E-state index contributed by atoms with van der Waals surface area (Å²) in [7, 11) is -3.79. The molecule has 1 fully saturated rings. The minimum Gasteiger partial charge on any atom is -0.350 e. The van der Waals surface area contributed by atoms with Gasteiger partial charge in [0.2, 0.25) is 15.9 Å². The average molecular weight is 498 g/mol. The van der Waals surface area contributed by atoms with E-state index in [0.29, 0.717) is 11.6 Å². The van der Waals surface area contributed by atoms with E-state index >= 15 is 0 Å². The number of hydrogen-bond donors (Lipinski definition) is 1. The van der Waals surface area contributed by atoms with Gasteiger partial charge in [-0.1, -0.05) is 54.4 Å². The average Bonchev–Trinajstić information content (AvgIpc) is 3.24. The van der Waals surface area contributed by atoms with Crippen molar-refractivity contribution in [1.29, 1.82) is 0 Å². The Morgan fingerprint density at radius 3 is 2.47 bits per heavy atom. The third-order valence-corrected chi connectivity index (χ3v) is 7.26. The molecule has 3 rings (SSSR count). The summed E-state index contributed by atoms with van der Waals surface area (Å²) in [6, 6.07) is 11.7. The second-order valence-electron chi connectivity index (χ2n) is 8.10. The number of nitrogens with one attached hydrogen (secondary N) is 1. The van der Waals surface area contributed by atoms with E-state index in [1.54, 1.807) is 13.0 Å². The summed E-state index contributed by atoms with van der Waals surface area (Å²) in [5, 5.41) is 3.44. The van der Waals surface area contributed by atoms with Crippen LogP contribution in [-0.2, 0) is 27.9 Å². The molecule has 0 radical (unpaired) electrons. The number of amides is 1. The van der Waals surface area contributed by atoms with Crippen LogP contribution < -0.4 is 9.62 Å². The van der Waals surface area contributed by atoms with Crippen LogP contribution in [0.1, 0.15) is 37.3 Å². The lowest BCUT2D eigenvalue weighted by Gasteiger charge is -2.30. The highest BCUT2D eigenvalue weighted by Gasteiger charge is 2.32. The minimum atomic E-state index is -3.79. The van der Waals surface area contributed by atoms with E-state index in [4.69, 9.17) is 23.2 Å². The summed E-state index contributed by atoms with van der Waals surface area (Å²) in [5.74, 6) is -0.390. The van der Waals surface area contributed by atoms with Gasteiger partial charge in [-0.2, -0.15) is 0 Å². The number of hydrogen-bond acceptors (Lipinski definition) is 4. The van der Waals surface area contributed by atoms with E-state index in [1.807, 2.05) is 12.1 Å². The zero-order valence-electron chi connectivity index (χ0n) is 18.4. The SMILES string of the molecule is CC[C@H](C(=O)NCc1cccc(CN2CCCC2)c1)N(c1cc(Cl)ccc1Cl)S(C)(=O)=O. The van der Waals surface area contributed by atoms with Crippen LogP contribution in [0.3, 0.4) is 0 Å². The van der Waals surface area contributed by atoms with Crippen LogP contribution in [0.2, 0.25) is 10.0 Å². The second kappa shape index (κ2) is 10.9. The molecule has 0 unspecified atom stereocenters. The fraction of sp³-hybridized carbons (Fsp3) is 0.435. The molecule has 1 heterocycles. The van der Waals surface area contributed by atoms with Crippen molar-refractivity contribution < 1.29 is 13.2 Å². The molecule has 1 atom stereocenters. The molecule has 0 saturated carbocycles. The standard InChI is InChI=1S/C23H29Cl2N3O3S/c1-3-21(28(32(2,30)31)22-14-19(24)9-10-20(22)25)23(29)26-15-17-7-6-8-18(13-17)16-27-11-4-5-12-27/h6-10,13-14,21H,3-5,11-12,15-16H2,1-2H3,(H,26,29)/t21-/m1/s1. The molecule has 174 valence electrons. The molecular weight excluding hydrogens is 469 g/mol. The second-order valence-corrected chi connectivity index (χ2v) is 10.8. The Kier molecular flexibility index (Phi) is 8.44. The zero-order chi connectivity index (χ0) is 23.3. The monoisotopic (exact) mass is 497 g/mol. The summed E-state index contributed by atoms with van der Waals surface area (Å²) >= 11 is 12.3. The first-order chi connectivity index (χ1) is 15.2. The number of nitrogens with zero attached hydrogens (tertiary/aromatic N) is 2. The predicted molar refractivity (Wildman–Crippen MR) is 131 cm³/mol. The molecule has 1 aliphatic rings. The van der Waals surface area contributed by atoms with E-state index in [2.05, 4.69) is 22.3 Å². The van der Waals surface area contributed by atoms with Crippen LogP contribution in [0.25, 0.3) is 0 Å². The Morgan fingerprint density at radius 2 is 1.81 bits per heavy atom. The number of likely N-dealkylation sites (tertiary alicyclic amines) is 1. The van der Waals surface area contributed by atoms with Gasteiger partial charge < -0.3 is 5.32 Å². The van der Waals surface area contributed by atoms with Crippen molar-refractivity contribution in [3.8, 4) is 0 Å². The third-order valence-electron chi connectivity index (χ3n) is 5.54. The lowest BCUT2D eigenvalue weighted by atomic mass is 10.1. The van der Waals surface area contributed by atoms with Crippen LogP contribution in [0.5, 0.6) is 0 Å². The molecule has 6 nitrogen and oxygen atoms in total. The highest BCUT2D eigenvalue weighted by Crippen LogP contribution is 2.33. The van der Waals surface area contributed by atoms with Crippen LogP contribution in [-0.4, -0.2) is 44.6 Å². The Labute approximate surface area is 200 Å². The molecule has 0 spiro atoms. The summed E-state index contributed by atoms with van der Waals surface area (Å²) in [6.45, 7) is 5.20. The van der Waals surface area contributed by atoms with E-state index < -0.39 is 16.1 Å². The molecule has 1 amide bonds. The lowest BCUT2D eigenvalue weighted by Crippen LogP contribution is -2.49. The van der Waals surface area contributed by atoms with Gasteiger partial charge in [0.25, 0.3) is 0 Å². The number of rotatable bonds is 9. The highest BCUT2D eigenvalue weighted by atomic mass is 35.5. The third kappa shape index (κ3) is 6.38. The van der Waals surface area contributed by atoms with Crippen molar-refractivity contribution in [3.05, 3.63) is 63.6 Å². The van der Waals surface area contributed by atoms with Crippen molar-refractivity contribution in [2.24, 2.45) is 0 Å². The molecule has 2 aromatic carbocycles. The maximum absolute atomic E-state index is 13.1. The summed E-state index contributed by atoms with van der Waals surface area (Å²) in [5.41, 5.74) is 2.36. The predicted octanol–water partition coefficient (Wildman–Crippen LogP) is 4.45. The van der Waals surface area contributed by atoms with Gasteiger partial charge in [-0.05, 0) is 61.7 Å². The number of benzene rings is 2. The normalized spacial score (nSPS) is 15.5. The summed E-state index contributed by atoms with van der Waals surface area (Å²) < 4.78 is 26.3. The fourth-order valence-corrected chi connectivity index (χ4v) is 5.67. The quantitative estimate of drug-likeness (QED) is 0.555. The van der Waals surface area contributed by atoms with Gasteiger partial charge in [0.1, 0.15) is 6.04 Å². The summed E-state index contributed by atoms with van der Waals surface area (Å²) in [4.78, 5) is 15.5. The maximum Gasteiger partial charge on any atom is 0.244 e. The van der Waals surface area contributed by atoms with Gasteiger partial charge in [0.15, 0.2) is 0 Å². The maximum atomic E-state index is 13.1. The molecule has 0 aromatic heterocycles. The largest absolute Gasteiger partial charge is 0.350 e. The molecule has 32 heavy (non-hydrogen) atoms. The van der Waals surface area contributed by atoms with Gasteiger partial charge in [-0.25, -0.2) is 8.42 Å². The topological polar surface area (TPSA) is 69.7 Å². The molecule has 1 aliphatic heterocycles. The van der Waals surface area contributed by atoms with Crippen molar-refractivity contribution >= 4 is 44.8 Å². The Balaban J connectivity index is 1.75. The number of carbonyl (C=O) groups excluding carboxylic acids is 1. The lowest BCUT2D eigenvalue weighted by molar-refractivity contribution is -0.122. The number of sulfonamides is 1. The number of anilines is 1. The van der Waals surface area contributed by atoms with Crippen molar-refractivity contribution in [2.45, 2.75) is 45.3 Å². The first kappa shape index (κ1) is 24.8. The van der Waals surface area contributed by atoms with Crippen LogP contribution >= 0.6 is 23.2 Å². The Hall–Kier alpha value is -1.80. The fourth-order valence-electron chi connectivity index (χ4n) is 4.03. The number of halogens is 2. The zero-order valence-corrected chi connectivity index (χ0v) is 20.7. The van der Waals surface area contributed by atoms with Gasteiger partial charge in [-0.15, -0.1) is 0 Å². The first-order valence-electron chi connectivity index (χ1n) is 10.7. The molecular formula is C23H29Cl2N3O3S. The number of carbonyl (C=O) groups is 1. The van der Waals surface area contributed by atoms with Crippen molar-refractivity contribution in [3.63, 3.8) is 0 Å². The molecule has 1 saturated heterocycles. The van der Waals surface area contributed by atoms with E-state index in [9.17, 15) is 13.2 Å². The van der Waals surface area contributed by atoms with E-state index in [0.717, 1.165) is 35.8 Å². The van der Waals surface area contributed by atoms with Gasteiger partial charge in [0, 0.05) is 18.1 Å². The van der Waals surface area contributed by atoms with Gasteiger partial charge >= 0.3 is 0 Å². The molecule has 0 bridgehead atoms. The van der Waals surface area contributed by atoms with Gasteiger partial charge in [0.05, 0.1) is 17.0 Å². The van der Waals surface area contributed by atoms with Crippen molar-refractivity contribution in [1.82, 2.24) is 10.2 Å². The van der Waals surface area contributed by atoms with E-state index in [1.165, 1.54) is 30.5 Å². The van der Waals surface area contributed by atoms with Crippen LogP contribution in [0.15, 0.2) is 42.5 Å². The van der Waals surface area contributed by atoms with Crippen molar-refractivity contribution in [2.75, 3.05) is 23.7 Å². The minimum absolute atomic E-state index is 0.191. The van der Waals surface area contributed by atoms with Crippen LogP contribution in [0, 0.1) is 0 Å². The molecule has 0 aliphatic carbocycles. The van der Waals surface area contributed by atoms with Gasteiger partial charge in [-0.3, -0.25) is 14.0 Å². The Morgan fingerprint density at radius 1 is 1.12 bits per heavy atom. The molecule has 2 aromatic rings. The van der Waals surface area contributed by atoms with E-state index in [-0.39, 0.29) is 23.0 Å².